The highest BCUT2D eigenvalue weighted by Crippen LogP contribution is 2.30. The molecule has 0 unspecified atom stereocenters. The van der Waals surface area contributed by atoms with Gasteiger partial charge in [0.1, 0.15) is 0 Å². The lowest BCUT2D eigenvalue weighted by atomic mass is 9.99. The third-order valence-corrected chi connectivity index (χ3v) is 5.11. The van der Waals surface area contributed by atoms with Crippen molar-refractivity contribution in [1.29, 1.82) is 0 Å². The lowest BCUT2D eigenvalue weighted by Crippen LogP contribution is -2.14. The summed E-state index contributed by atoms with van der Waals surface area (Å²) in [4.78, 5) is 11.0. The molecule has 0 saturated carbocycles. The monoisotopic (exact) mass is 361 g/mol. The Bertz CT molecular complexity index is 819. The Labute approximate surface area is 161 Å². The Hall–Kier alpha value is -2.65. The summed E-state index contributed by atoms with van der Waals surface area (Å²) in [6.07, 6.45) is 13.8. The maximum Gasteiger partial charge on any atom is 0.267 e. The van der Waals surface area contributed by atoms with Crippen LogP contribution in [-0.2, 0) is 17.6 Å². The molecule has 1 aliphatic rings. The van der Waals surface area contributed by atoms with Gasteiger partial charge in [-0.05, 0) is 66.0 Å². The minimum Gasteiger partial charge on any atom is -0.288 e. The first-order chi connectivity index (χ1) is 13.3. The van der Waals surface area contributed by atoms with Crippen molar-refractivity contribution in [1.82, 2.24) is 5.48 Å². The van der Waals surface area contributed by atoms with Crippen LogP contribution in [-0.4, -0.2) is 11.1 Å². The third-order valence-electron chi connectivity index (χ3n) is 5.11. The Morgan fingerprint density at radius 1 is 0.963 bits per heavy atom. The number of carbonyl (C=O) groups is 1. The number of hydroxylamine groups is 1. The zero-order valence-electron chi connectivity index (χ0n) is 15.7. The second-order valence-electron chi connectivity index (χ2n) is 7.06. The van der Waals surface area contributed by atoms with Crippen LogP contribution in [0.3, 0.4) is 0 Å². The molecule has 2 aromatic carbocycles. The number of unbranched alkanes of at least 4 members (excludes halogenated alkanes) is 3. The first-order valence-electron chi connectivity index (χ1n) is 9.74. The molecule has 0 heterocycles. The number of hydrogen-bond donors (Lipinski definition) is 2. The first-order valence-corrected chi connectivity index (χ1v) is 9.74. The van der Waals surface area contributed by atoms with Gasteiger partial charge in [0, 0.05) is 6.08 Å². The maximum absolute atomic E-state index is 11.0. The van der Waals surface area contributed by atoms with E-state index in [2.05, 4.69) is 42.5 Å². The van der Waals surface area contributed by atoms with Crippen LogP contribution in [0.4, 0.5) is 0 Å². The minimum absolute atomic E-state index is 0.518. The van der Waals surface area contributed by atoms with Crippen LogP contribution in [0.15, 0.2) is 60.7 Å². The molecule has 0 aromatic heterocycles. The molecule has 0 saturated heterocycles. The molecule has 3 nitrogen and oxygen atoms in total. The van der Waals surface area contributed by atoms with Crippen molar-refractivity contribution in [3.8, 4) is 0 Å². The normalized spacial score (nSPS) is 12.9. The van der Waals surface area contributed by atoms with Gasteiger partial charge < -0.3 is 0 Å². The first kappa shape index (κ1) is 19.1. The van der Waals surface area contributed by atoms with E-state index in [1.165, 1.54) is 60.4 Å². The number of allylic oxidation sites excluding steroid dienone is 2. The average molecular weight is 361 g/mol. The van der Waals surface area contributed by atoms with Gasteiger partial charge in [-0.2, -0.15) is 0 Å². The number of fused-ring (bicyclic) bond motifs is 1. The van der Waals surface area contributed by atoms with Crippen molar-refractivity contribution in [2.45, 2.75) is 44.9 Å². The van der Waals surface area contributed by atoms with Crippen molar-refractivity contribution in [2.24, 2.45) is 0 Å². The van der Waals surface area contributed by atoms with Crippen LogP contribution in [0, 0.1) is 0 Å². The molecular formula is C24H27NO2. The van der Waals surface area contributed by atoms with E-state index in [1.54, 1.807) is 11.6 Å². The van der Waals surface area contributed by atoms with E-state index in [1.807, 2.05) is 12.1 Å². The summed E-state index contributed by atoms with van der Waals surface area (Å²) in [5.74, 6) is -0.518. The summed E-state index contributed by atoms with van der Waals surface area (Å²) >= 11 is 0. The number of carbonyl (C=O) groups excluding carboxylic acids is 1. The van der Waals surface area contributed by atoms with Crippen molar-refractivity contribution >= 4 is 17.6 Å². The molecule has 3 rings (SSSR count). The van der Waals surface area contributed by atoms with Crippen molar-refractivity contribution in [2.75, 3.05) is 0 Å². The lowest BCUT2D eigenvalue weighted by Gasteiger charge is -2.06. The Morgan fingerprint density at radius 3 is 2.48 bits per heavy atom. The summed E-state index contributed by atoms with van der Waals surface area (Å²) in [7, 11) is 0. The number of amides is 1. The summed E-state index contributed by atoms with van der Waals surface area (Å²) in [6.45, 7) is 0. The van der Waals surface area contributed by atoms with Gasteiger partial charge in [-0.25, -0.2) is 5.48 Å². The van der Waals surface area contributed by atoms with Gasteiger partial charge in [0.2, 0.25) is 0 Å². The highest BCUT2D eigenvalue weighted by atomic mass is 16.5. The zero-order chi connectivity index (χ0) is 18.9. The van der Waals surface area contributed by atoms with Crippen LogP contribution < -0.4 is 5.48 Å². The smallest absolute Gasteiger partial charge is 0.267 e. The van der Waals surface area contributed by atoms with Crippen LogP contribution in [0.5, 0.6) is 0 Å². The van der Waals surface area contributed by atoms with Crippen LogP contribution in [0.2, 0.25) is 0 Å². The molecule has 3 heteroatoms. The number of aryl methyl sites for hydroxylation is 1. The molecule has 0 fully saturated rings. The van der Waals surface area contributed by atoms with Gasteiger partial charge in [0.05, 0.1) is 0 Å². The average Bonchev–Trinajstić information content (AvgIpc) is 3.12. The number of benzene rings is 2. The summed E-state index contributed by atoms with van der Waals surface area (Å²) < 4.78 is 0. The second kappa shape index (κ2) is 9.89. The quantitative estimate of drug-likeness (QED) is 0.274. The zero-order valence-corrected chi connectivity index (χ0v) is 15.7. The molecule has 0 atom stereocenters. The van der Waals surface area contributed by atoms with Crippen LogP contribution in [0.1, 0.15) is 54.4 Å². The van der Waals surface area contributed by atoms with Gasteiger partial charge in [0.25, 0.3) is 5.91 Å². The highest BCUT2D eigenvalue weighted by molar-refractivity contribution is 5.90. The topological polar surface area (TPSA) is 49.3 Å². The van der Waals surface area contributed by atoms with Gasteiger partial charge in [-0.1, -0.05) is 67.4 Å². The fraction of sp³-hybridized carbons (Fsp3) is 0.292. The molecule has 0 aliphatic heterocycles. The van der Waals surface area contributed by atoms with E-state index in [0.29, 0.717) is 0 Å². The molecule has 2 aromatic rings. The van der Waals surface area contributed by atoms with E-state index >= 15 is 0 Å². The Balaban J connectivity index is 1.33. The second-order valence-corrected chi connectivity index (χ2v) is 7.06. The minimum atomic E-state index is -0.518. The molecule has 27 heavy (non-hydrogen) atoms. The predicted octanol–water partition coefficient (Wildman–Crippen LogP) is 5.34. The molecule has 2 N–H and O–H groups in total. The Kier molecular flexibility index (Phi) is 7.00. The number of nitrogens with one attached hydrogen (secondary N) is 1. The highest BCUT2D eigenvalue weighted by Gasteiger charge is 2.12. The number of hydrogen-bond acceptors (Lipinski definition) is 2. The van der Waals surface area contributed by atoms with Crippen molar-refractivity contribution in [3.63, 3.8) is 0 Å². The van der Waals surface area contributed by atoms with E-state index in [9.17, 15) is 4.79 Å². The fourth-order valence-electron chi connectivity index (χ4n) is 3.59. The van der Waals surface area contributed by atoms with Gasteiger partial charge in [-0.15, -0.1) is 0 Å². The largest absolute Gasteiger partial charge is 0.288 e. The third kappa shape index (κ3) is 5.66. The molecule has 140 valence electrons. The number of rotatable bonds is 9. The fourth-order valence-corrected chi connectivity index (χ4v) is 3.59. The van der Waals surface area contributed by atoms with Gasteiger partial charge in [-0.3, -0.25) is 10.0 Å². The lowest BCUT2D eigenvalue weighted by molar-refractivity contribution is -0.124. The van der Waals surface area contributed by atoms with Crippen LogP contribution >= 0.6 is 0 Å². The molecule has 0 spiro atoms. The molecule has 0 radical (unpaired) electrons. The molecular weight excluding hydrogens is 334 g/mol. The predicted molar refractivity (Wildman–Crippen MR) is 110 cm³/mol. The van der Waals surface area contributed by atoms with Crippen molar-refractivity contribution in [3.05, 3.63) is 82.9 Å². The molecule has 1 amide bonds. The summed E-state index contributed by atoms with van der Waals surface area (Å²) in [5.41, 5.74) is 8.33. The SMILES string of the molecule is O=C(/C=C/c1ccc(CCCCCCC2=CCc3ccccc32)cc1)NO. The van der Waals surface area contributed by atoms with Gasteiger partial charge in [0.15, 0.2) is 0 Å². The maximum atomic E-state index is 11.0. The van der Waals surface area contributed by atoms with Gasteiger partial charge >= 0.3 is 0 Å². The Morgan fingerprint density at radius 2 is 1.70 bits per heavy atom. The van der Waals surface area contributed by atoms with E-state index < -0.39 is 5.91 Å². The van der Waals surface area contributed by atoms with E-state index in [0.717, 1.165) is 18.4 Å². The molecule has 0 bridgehead atoms. The molecule has 1 aliphatic carbocycles. The van der Waals surface area contributed by atoms with E-state index in [4.69, 9.17) is 5.21 Å². The summed E-state index contributed by atoms with van der Waals surface area (Å²) in [5, 5.41) is 8.47. The summed E-state index contributed by atoms with van der Waals surface area (Å²) in [6, 6.07) is 17.0. The van der Waals surface area contributed by atoms with Crippen molar-refractivity contribution < 1.29 is 10.0 Å². The standard InChI is InChI=1S/C24H27NO2/c26-24(25-27)18-15-20-13-11-19(12-14-20)7-3-1-2-4-8-21-16-17-22-9-5-6-10-23(21)22/h5-6,9-16,18,27H,1-4,7-8,17H2,(H,25,26)/b18-15+. The van der Waals surface area contributed by atoms with E-state index in [-0.39, 0.29) is 0 Å². The van der Waals surface area contributed by atoms with Crippen LogP contribution in [0.25, 0.3) is 11.6 Å².